The molecule has 0 aliphatic heterocycles. The number of phosphoric ester groups is 2. The van der Waals surface area contributed by atoms with Crippen LogP contribution in [0.25, 0.3) is 0 Å². The predicted octanol–water partition coefficient (Wildman–Crippen LogP) is 24.3. The van der Waals surface area contributed by atoms with Crippen molar-refractivity contribution in [2.24, 2.45) is 0 Å². The number of unbranched alkanes of at least 4 members (excludes halogenated alkanes) is 19. The van der Waals surface area contributed by atoms with Gasteiger partial charge in [-0.05, 0) is 141 Å². The lowest BCUT2D eigenvalue weighted by Gasteiger charge is -2.21. The first-order valence-corrected chi connectivity index (χ1v) is 44.0. The molecule has 612 valence electrons. The molecule has 0 aromatic heterocycles. The lowest BCUT2D eigenvalue weighted by Crippen LogP contribution is -2.30. The van der Waals surface area contributed by atoms with Crippen LogP contribution in [0, 0.1) is 0 Å². The van der Waals surface area contributed by atoms with Gasteiger partial charge in [-0.25, -0.2) is 9.13 Å². The number of hydrogen-bond acceptors (Lipinski definition) is 15. The lowest BCUT2D eigenvalue weighted by atomic mass is 10.1. The third kappa shape index (κ3) is 78.3. The van der Waals surface area contributed by atoms with Crippen LogP contribution in [0.3, 0.4) is 0 Å². The maximum atomic E-state index is 13.1. The zero-order valence-corrected chi connectivity index (χ0v) is 68.7. The predicted molar refractivity (Wildman–Crippen MR) is 445 cm³/mol. The number of hydrogen-bond donors (Lipinski definition) is 3. The van der Waals surface area contributed by atoms with Gasteiger partial charge >= 0.3 is 39.5 Å². The average molecular weight is 1550 g/mol. The molecule has 0 aromatic rings. The molecular formula is C89H144O17P2. The number of rotatable bonds is 75. The molecule has 0 aliphatic rings. The molecule has 0 rings (SSSR count). The molecule has 0 amide bonds. The second-order valence-corrected chi connectivity index (χ2v) is 29.5. The van der Waals surface area contributed by atoms with E-state index < -0.39 is 97.5 Å². The Hall–Kier alpha value is -5.84. The van der Waals surface area contributed by atoms with E-state index in [1.165, 1.54) is 57.8 Å². The van der Waals surface area contributed by atoms with Gasteiger partial charge in [-0.2, -0.15) is 0 Å². The molecule has 19 heteroatoms. The van der Waals surface area contributed by atoms with Crippen LogP contribution < -0.4 is 0 Å². The number of esters is 4. The Labute approximate surface area is 654 Å². The number of allylic oxidation sites excluding steroid dienone is 30. The molecule has 0 saturated carbocycles. The van der Waals surface area contributed by atoms with E-state index in [9.17, 15) is 43.2 Å². The topological polar surface area (TPSA) is 237 Å². The molecule has 0 saturated heterocycles. The molecule has 0 fully saturated rings. The van der Waals surface area contributed by atoms with Crippen LogP contribution in [0.2, 0.25) is 0 Å². The molecule has 0 bridgehead atoms. The Morgan fingerprint density at radius 3 is 0.833 bits per heavy atom. The molecule has 0 radical (unpaired) electrons. The summed E-state index contributed by atoms with van der Waals surface area (Å²) in [5.74, 6) is -2.40. The van der Waals surface area contributed by atoms with Crippen molar-refractivity contribution in [3.05, 3.63) is 182 Å². The molecule has 108 heavy (non-hydrogen) atoms. The Morgan fingerprint density at radius 2 is 0.500 bits per heavy atom. The van der Waals surface area contributed by atoms with Crippen molar-refractivity contribution in [3.63, 3.8) is 0 Å². The molecule has 17 nitrogen and oxygen atoms in total. The highest BCUT2D eigenvalue weighted by Crippen LogP contribution is 2.45. The summed E-state index contributed by atoms with van der Waals surface area (Å²) in [5.41, 5.74) is 0. The summed E-state index contributed by atoms with van der Waals surface area (Å²) in [7, 11) is -10.0. The highest BCUT2D eigenvalue weighted by molar-refractivity contribution is 7.47. The van der Waals surface area contributed by atoms with Gasteiger partial charge in [-0.3, -0.25) is 37.3 Å². The van der Waals surface area contributed by atoms with Crippen LogP contribution in [-0.4, -0.2) is 96.7 Å². The molecule has 5 atom stereocenters. The van der Waals surface area contributed by atoms with E-state index in [2.05, 4.69) is 174 Å². The van der Waals surface area contributed by atoms with Crippen LogP contribution in [0.15, 0.2) is 182 Å². The van der Waals surface area contributed by atoms with Crippen molar-refractivity contribution >= 4 is 39.5 Å². The molecule has 0 heterocycles. The van der Waals surface area contributed by atoms with Crippen LogP contribution >= 0.6 is 15.6 Å². The summed E-state index contributed by atoms with van der Waals surface area (Å²) in [5, 5.41) is 10.6. The van der Waals surface area contributed by atoms with Crippen LogP contribution in [0.5, 0.6) is 0 Å². The number of carbonyl (C=O) groups is 4. The second-order valence-electron chi connectivity index (χ2n) is 26.6. The minimum absolute atomic E-state index is 0.0134. The fourth-order valence-electron chi connectivity index (χ4n) is 10.2. The largest absolute Gasteiger partial charge is 0.472 e. The van der Waals surface area contributed by atoms with E-state index in [1.54, 1.807) is 0 Å². The Morgan fingerprint density at radius 1 is 0.269 bits per heavy atom. The minimum Gasteiger partial charge on any atom is -0.462 e. The van der Waals surface area contributed by atoms with Gasteiger partial charge in [0, 0.05) is 25.7 Å². The number of aliphatic hydroxyl groups excluding tert-OH is 1. The van der Waals surface area contributed by atoms with Gasteiger partial charge in [0.1, 0.15) is 19.3 Å². The number of aliphatic hydroxyl groups is 1. The summed E-state index contributed by atoms with van der Waals surface area (Å²) >= 11 is 0. The molecule has 5 unspecified atom stereocenters. The molecule has 0 aliphatic carbocycles. The summed E-state index contributed by atoms with van der Waals surface area (Å²) in [4.78, 5) is 73.0. The summed E-state index contributed by atoms with van der Waals surface area (Å²) in [6.45, 7) is 4.42. The van der Waals surface area contributed by atoms with E-state index in [-0.39, 0.29) is 25.7 Å². The average Bonchev–Trinajstić information content (AvgIpc) is 0.917. The Kier molecular flexibility index (Phi) is 75.0. The van der Waals surface area contributed by atoms with Crippen molar-refractivity contribution in [3.8, 4) is 0 Å². The SMILES string of the molecule is CC/C=C\C/C=C\C/C=C\C/C=C\C/C=C\C/C=C\CCC(=O)OCC(COP(=O)(O)OCC(O)COP(=O)(O)OCC(COC(=O)CCCCCCCC/C=C\C/C=C\C/C=C\CCCCC)OC(=O)CCCCCCCCCCCCC)OC(=O)CC/C=C\C/C=C\C/C=C\C/C=C\C/C=C\C/C=C\CC. The van der Waals surface area contributed by atoms with Crippen LogP contribution in [-0.2, 0) is 65.4 Å². The Balaban J connectivity index is 5.49. The van der Waals surface area contributed by atoms with E-state index in [4.69, 9.17) is 37.0 Å². The highest BCUT2D eigenvalue weighted by atomic mass is 31.2. The molecular weight excluding hydrogens is 1400 g/mol. The zero-order valence-electron chi connectivity index (χ0n) is 66.9. The third-order valence-electron chi connectivity index (χ3n) is 16.4. The van der Waals surface area contributed by atoms with E-state index in [0.717, 1.165) is 148 Å². The van der Waals surface area contributed by atoms with Crippen molar-refractivity contribution in [2.75, 3.05) is 39.6 Å². The van der Waals surface area contributed by atoms with Gasteiger partial charge in [0.15, 0.2) is 12.2 Å². The van der Waals surface area contributed by atoms with E-state index >= 15 is 0 Å². The molecule has 0 aromatic carbocycles. The summed E-state index contributed by atoms with van der Waals surface area (Å²) < 4.78 is 68.5. The van der Waals surface area contributed by atoms with Crippen molar-refractivity contribution in [1.82, 2.24) is 0 Å². The van der Waals surface area contributed by atoms with Crippen molar-refractivity contribution < 1.29 is 80.2 Å². The maximum Gasteiger partial charge on any atom is 0.472 e. The fourth-order valence-corrected chi connectivity index (χ4v) is 11.8. The number of carbonyl (C=O) groups excluding carboxylic acids is 4. The second kappa shape index (κ2) is 79.3. The van der Waals surface area contributed by atoms with Crippen LogP contribution in [0.4, 0.5) is 0 Å². The van der Waals surface area contributed by atoms with Crippen molar-refractivity contribution in [1.29, 1.82) is 0 Å². The highest BCUT2D eigenvalue weighted by Gasteiger charge is 2.30. The van der Waals surface area contributed by atoms with Gasteiger partial charge in [0.2, 0.25) is 0 Å². The van der Waals surface area contributed by atoms with Gasteiger partial charge < -0.3 is 33.8 Å². The van der Waals surface area contributed by atoms with Gasteiger partial charge in [-0.15, -0.1) is 0 Å². The first-order chi connectivity index (χ1) is 52.7. The molecule has 0 spiro atoms. The lowest BCUT2D eigenvalue weighted by molar-refractivity contribution is -0.161. The van der Waals surface area contributed by atoms with Gasteiger partial charge in [0.25, 0.3) is 0 Å². The van der Waals surface area contributed by atoms with E-state index in [1.807, 2.05) is 36.5 Å². The third-order valence-corrected chi connectivity index (χ3v) is 18.3. The minimum atomic E-state index is -5.02. The monoisotopic (exact) mass is 1550 g/mol. The standard InChI is InChI=1S/C89H144O17P2/c1-5-9-13-17-21-25-29-32-35-38-41-44-47-50-54-57-61-65-69-73-86(91)99-79-84(105-88(93)75-71-67-63-59-53-28-24-20-16-12-8-4)81-103-107(95,96)101-77-83(90)78-102-108(97,98)104-82-85(106-89(94)76-72-68-64-60-56-52-49-46-43-40-37-34-31-27-23-19-15-11-7-3)80-100-87(92)74-70-66-62-58-55-51-48-45-42-39-36-33-30-26-22-18-14-10-6-2/h10-11,14-15,21-23,25-27,32-37,41-46,51-52,55-56,62,64,66,68,83-85,90H,5-9,12-13,16-20,24,28-31,38-40,47-50,53-54,57-61,63,65,67,69-82H2,1-4H3,(H,95,96)(H,97,98)/b14-10-,15-11-,25-21-,26-22-,27-23-,35-32-,36-33-,37-34-,44-41-,45-42-,46-43-,55-51-,56-52-,66-62-,68-64-. The Bertz CT molecular complexity index is 2760. The first-order valence-electron chi connectivity index (χ1n) is 41.0. The van der Waals surface area contributed by atoms with Crippen LogP contribution in [0.1, 0.15) is 297 Å². The van der Waals surface area contributed by atoms with Crippen molar-refractivity contribution in [2.45, 2.75) is 316 Å². The quantitative estimate of drug-likeness (QED) is 0.0169. The summed E-state index contributed by atoms with van der Waals surface area (Å²) in [6.07, 6.45) is 96.2. The summed E-state index contributed by atoms with van der Waals surface area (Å²) in [6, 6.07) is 0. The normalized spacial score (nSPS) is 14.8. The van der Waals surface area contributed by atoms with E-state index in [0.29, 0.717) is 38.5 Å². The zero-order chi connectivity index (χ0) is 78.9. The number of phosphoric acid groups is 2. The molecule has 3 N–H and O–H groups in total. The van der Waals surface area contributed by atoms with Gasteiger partial charge in [-0.1, -0.05) is 313 Å². The smallest absolute Gasteiger partial charge is 0.462 e. The number of ether oxygens (including phenoxy) is 4. The fraction of sp³-hybridized carbons (Fsp3) is 0.618. The first kappa shape index (κ1) is 102. The van der Waals surface area contributed by atoms with Gasteiger partial charge in [0.05, 0.1) is 26.4 Å². The maximum absolute atomic E-state index is 13.1.